The normalized spacial score (nSPS) is 20.6. The molecule has 178 valence electrons. The van der Waals surface area contributed by atoms with Gasteiger partial charge >= 0.3 is 0 Å². The van der Waals surface area contributed by atoms with Crippen molar-refractivity contribution in [2.75, 3.05) is 13.7 Å². The highest BCUT2D eigenvalue weighted by Crippen LogP contribution is 2.41. The van der Waals surface area contributed by atoms with E-state index >= 15 is 0 Å². The minimum absolute atomic E-state index is 0.0581. The number of fused-ring (bicyclic) bond motifs is 1. The Balaban J connectivity index is 1.58. The van der Waals surface area contributed by atoms with E-state index in [9.17, 15) is 14.7 Å². The summed E-state index contributed by atoms with van der Waals surface area (Å²) in [6.07, 6.45) is 1.37. The number of ketones is 1. The lowest BCUT2D eigenvalue weighted by molar-refractivity contribution is -0.139. The molecule has 6 heteroatoms. The van der Waals surface area contributed by atoms with Crippen molar-refractivity contribution in [1.82, 2.24) is 4.90 Å². The average molecular weight is 470 g/mol. The van der Waals surface area contributed by atoms with Crippen LogP contribution in [0.15, 0.2) is 78.4 Å². The molecule has 2 aliphatic rings. The molecule has 1 fully saturated rings. The van der Waals surface area contributed by atoms with Crippen LogP contribution in [-0.2, 0) is 22.4 Å². The van der Waals surface area contributed by atoms with Crippen LogP contribution in [0.5, 0.6) is 11.5 Å². The first-order chi connectivity index (χ1) is 17.0. The minimum atomic E-state index is -0.725. The van der Waals surface area contributed by atoms with Crippen LogP contribution in [0.1, 0.15) is 35.2 Å². The first-order valence-corrected chi connectivity index (χ1v) is 11.7. The molecule has 0 saturated carbocycles. The molecular weight excluding hydrogens is 442 g/mol. The van der Waals surface area contributed by atoms with Gasteiger partial charge < -0.3 is 19.5 Å². The molecule has 3 aromatic rings. The number of methoxy groups -OCH3 is 1. The maximum absolute atomic E-state index is 13.3. The summed E-state index contributed by atoms with van der Waals surface area (Å²) >= 11 is 0. The van der Waals surface area contributed by atoms with Crippen molar-refractivity contribution in [3.05, 3.63) is 101 Å². The summed E-state index contributed by atoms with van der Waals surface area (Å²) in [5.41, 5.74) is 3.32. The Morgan fingerprint density at radius 3 is 2.63 bits per heavy atom. The molecule has 2 heterocycles. The maximum atomic E-state index is 13.3. The van der Waals surface area contributed by atoms with E-state index in [4.69, 9.17) is 9.47 Å². The van der Waals surface area contributed by atoms with Crippen LogP contribution < -0.4 is 9.47 Å². The van der Waals surface area contributed by atoms with Gasteiger partial charge in [-0.15, -0.1) is 0 Å². The number of hydrogen-bond donors (Lipinski definition) is 1. The van der Waals surface area contributed by atoms with Crippen molar-refractivity contribution in [2.24, 2.45) is 0 Å². The molecule has 0 radical (unpaired) electrons. The Kier molecular flexibility index (Phi) is 6.03. The number of nitrogens with zero attached hydrogens (tertiary/aromatic N) is 1. The van der Waals surface area contributed by atoms with E-state index in [-0.39, 0.29) is 17.4 Å². The number of aliphatic hydroxyl groups is 1. The van der Waals surface area contributed by atoms with Gasteiger partial charge in [-0.25, -0.2) is 0 Å². The van der Waals surface area contributed by atoms with E-state index in [1.165, 1.54) is 0 Å². The second-order valence-corrected chi connectivity index (χ2v) is 8.96. The van der Waals surface area contributed by atoms with Crippen molar-refractivity contribution in [1.29, 1.82) is 0 Å². The van der Waals surface area contributed by atoms with Crippen LogP contribution in [0.2, 0.25) is 0 Å². The third-order valence-electron chi connectivity index (χ3n) is 6.60. The average Bonchev–Trinajstić information content (AvgIpc) is 3.38. The zero-order valence-electron chi connectivity index (χ0n) is 19.7. The maximum Gasteiger partial charge on any atom is 0.295 e. The van der Waals surface area contributed by atoms with Gasteiger partial charge in [-0.05, 0) is 60.4 Å². The molecule has 0 bridgehead atoms. The predicted molar refractivity (Wildman–Crippen MR) is 132 cm³/mol. The van der Waals surface area contributed by atoms with Gasteiger partial charge in [0.25, 0.3) is 11.7 Å². The lowest BCUT2D eigenvalue weighted by Gasteiger charge is -2.25. The van der Waals surface area contributed by atoms with Crippen LogP contribution in [0.3, 0.4) is 0 Å². The van der Waals surface area contributed by atoms with Crippen LogP contribution in [0.25, 0.3) is 5.76 Å². The fourth-order valence-corrected chi connectivity index (χ4v) is 4.89. The van der Waals surface area contributed by atoms with Crippen LogP contribution in [0.4, 0.5) is 0 Å². The predicted octanol–water partition coefficient (Wildman–Crippen LogP) is 4.68. The molecule has 0 unspecified atom stereocenters. The first-order valence-electron chi connectivity index (χ1n) is 11.7. The van der Waals surface area contributed by atoms with E-state index in [1.807, 2.05) is 55.5 Å². The second kappa shape index (κ2) is 9.29. The van der Waals surface area contributed by atoms with E-state index in [0.717, 1.165) is 23.3 Å². The number of carbonyl (C=O) groups excluding carboxylic acids is 2. The second-order valence-electron chi connectivity index (χ2n) is 8.96. The van der Waals surface area contributed by atoms with Crippen molar-refractivity contribution in [2.45, 2.75) is 31.9 Å². The fraction of sp³-hybridized carbons (Fsp3) is 0.241. The summed E-state index contributed by atoms with van der Waals surface area (Å²) in [6, 6.07) is 21.7. The lowest BCUT2D eigenvalue weighted by Crippen LogP contribution is -2.31. The third kappa shape index (κ3) is 4.28. The topological polar surface area (TPSA) is 76.1 Å². The molecule has 5 rings (SSSR count). The molecule has 1 N–H and O–H groups in total. The molecule has 0 spiro atoms. The molecule has 6 nitrogen and oxygen atoms in total. The molecule has 1 saturated heterocycles. The zero-order valence-corrected chi connectivity index (χ0v) is 19.7. The van der Waals surface area contributed by atoms with Crippen molar-refractivity contribution < 1.29 is 24.2 Å². The third-order valence-corrected chi connectivity index (χ3v) is 6.60. The number of likely N-dealkylation sites (tertiary alicyclic amines) is 1. The van der Waals surface area contributed by atoms with E-state index in [2.05, 4.69) is 0 Å². The highest BCUT2D eigenvalue weighted by molar-refractivity contribution is 6.46. The van der Waals surface area contributed by atoms with Gasteiger partial charge in [-0.2, -0.15) is 0 Å². The quantitative estimate of drug-likeness (QED) is 0.322. The number of carbonyl (C=O) groups is 2. The summed E-state index contributed by atoms with van der Waals surface area (Å²) in [4.78, 5) is 28.1. The Hall–Kier alpha value is -4.06. The van der Waals surface area contributed by atoms with Gasteiger partial charge in [0.2, 0.25) is 0 Å². The number of rotatable bonds is 6. The van der Waals surface area contributed by atoms with Crippen LogP contribution >= 0.6 is 0 Å². The molecule has 0 aromatic heterocycles. The van der Waals surface area contributed by atoms with Crippen molar-refractivity contribution in [3.63, 3.8) is 0 Å². The van der Waals surface area contributed by atoms with Crippen LogP contribution in [0, 0.1) is 0 Å². The largest absolute Gasteiger partial charge is 0.507 e. The number of ether oxygens (including phenoxy) is 2. The van der Waals surface area contributed by atoms with Gasteiger partial charge in [0.05, 0.1) is 18.7 Å². The summed E-state index contributed by atoms with van der Waals surface area (Å²) in [6.45, 7) is 2.32. The standard InChI is InChI=1S/C29H27NO5/c1-18-15-22-16-21(11-12-24(22)35-18)27(31)25-26(20-9-6-10-23(17-20)34-2)30(29(33)28(25)32)14-13-19-7-4-3-5-8-19/h3-12,16-18,26,31H,13-15H2,1-2H3/t18-,26+/m0/s1. The zero-order chi connectivity index (χ0) is 24.5. The highest BCUT2D eigenvalue weighted by Gasteiger charge is 2.46. The van der Waals surface area contributed by atoms with Crippen molar-refractivity contribution >= 4 is 17.4 Å². The Morgan fingerprint density at radius 2 is 1.86 bits per heavy atom. The summed E-state index contributed by atoms with van der Waals surface area (Å²) in [7, 11) is 1.57. The van der Waals surface area contributed by atoms with Gasteiger partial charge in [0, 0.05) is 18.5 Å². The summed E-state index contributed by atoms with van der Waals surface area (Å²) in [5.74, 6) is -0.0934. The van der Waals surface area contributed by atoms with Gasteiger partial charge in [0.15, 0.2) is 0 Å². The van der Waals surface area contributed by atoms with Gasteiger partial charge in [-0.3, -0.25) is 9.59 Å². The summed E-state index contributed by atoms with van der Waals surface area (Å²) in [5, 5.41) is 11.4. The SMILES string of the molecule is COc1cccc([C@@H]2C(=C(O)c3ccc4c(c3)C[C@H](C)O4)C(=O)C(=O)N2CCc2ccccc2)c1. The van der Waals surface area contributed by atoms with Gasteiger partial charge in [-0.1, -0.05) is 42.5 Å². The highest BCUT2D eigenvalue weighted by atomic mass is 16.5. The fourth-order valence-electron chi connectivity index (χ4n) is 4.89. The molecule has 2 aliphatic heterocycles. The van der Waals surface area contributed by atoms with E-state index in [0.29, 0.717) is 29.8 Å². The lowest BCUT2D eigenvalue weighted by atomic mass is 9.94. The molecule has 35 heavy (non-hydrogen) atoms. The molecule has 2 atom stereocenters. The molecule has 1 amide bonds. The number of amides is 1. The Labute approximate surface area is 204 Å². The number of benzene rings is 3. The first kappa shape index (κ1) is 22.7. The molecule has 3 aromatic carbocycles. The monoisotopic (exact) mass is 469 g/mol. The summed E-state index contributed by atoms with van der Waals surface area (Å²) < 4.78 is 11.2. The van der Waals surface area contributed by atoms with E-state index < -0.39 is 17.7 Å². The van der Waals surface area contributed by atoms with Crippen LogP contribution in [-0.4, -0.2) is 41.5 Å². The molecule has 0 aliphatic carbocycles. The smallest absolute Gasteiger partial charge is 0.295 e. The van der Waals surface area contributed by atoms with Gasteiger partial charge in [0.1, 0.15) is 23.4 Å². The minimum Gasteiger partial charge on any atom is -0.507 e. The number of Topliss-reactive ketones (excluding diaryl/α,β-unsaturated/α-hetero) is 1. The molecular formula is C29H27NO5. The Morgan fingerprint density at radius 1 is 1.06 bits per heavy atom. The number of hydrogen-bond acceptors (Lipinski definition) is 5. The van der Waals surface area contributed by atoms with Crippen molar-refractivity contribution in [3.8, 4) is 11.5 Å². The van der Waals surface area contributed by atoms with E-state index in [1.54, 1.807) is 36.3 Å². The number of aliphatic hydroxyl groups excluding tert-OH is 1. The Bertz CT molecular complexity index is 1310.